The quantitative estimate of drug-likeness (QED) is 0.888. The first-order chi connectivity index (χ1) is 9.74. The average molecular weight is 269 g/mol. The van der Waals surface area contributed by atoms with Gasteiger partial charge in [0.15, 0.2) is 0 Å². The topological polar surface area (TPSA) is 40.7 Å². The number of nitrogens with one attached hydrogen (secondary N) is 2. The molecule has 2 N–H and O–H groups in total. The largest absolute Gasteiger partial charge is 0.302 e. The van der Waals surface area contributed by atoms with Gasteiger partial charge in [-0.25, -0.2) is 0 Å². The summed E-state index contributed by atoms with van der Waals surface area (Å²) >= 11 is 0. The molecule has 0 bridgehead atoms. The van der Waals surface area contributed by atoms with Crippen LogP contribution in [-0.4, -0.2) is 10.2 Å². The maximum Gasteiger partial charge on any atom is 0.0518 e. The van der Waals surface area contributed by atoms with Gasteiger partial charge in [0.25, 0.3) is 0 Å². The Morgan fingerprint density at radius 3 is 2.60 bits per heavy atom. The minimum Gasteiger partial charge on any atom is -0.302 e. The predicted octanol–water partition coefficient (Wildman–Crippen LogP) is 3.70. The maximum absolute atomic E-state index is 4.02. The number of hydrogen-bond donors (Lipinski definition) is 2. The summed E-state index contributed by atoms with van der Waals surface area (Å²) in [6.45, 7) is 4.40. The van der Waals surface area contributed by atoms with Gasteiger partial charge >= 0.3 is 0 Å². The number of benzene rings is 1. The number of fused-ring (bicyclic) bond motifs is 1. The lowest BCUT2D eigenvalue weighted by Crippen LogP contribution is -2.23. The number of hydrogen-bond acceptors (Lipinski definition) is 2. The summed E-state index contributed by atoms with van der Waals surface area (Å²) in [5.74, 6) is 0. The molecule has 2 aromatic rings. The number of rotatable bonds is 4. The standard InChI is InChI=1S/C17H23N3/c1-12(19-13(2)17-9-10-18-20-17)15-8-7-14-5-3-4-6-16(14)11-15/h7-13,19H,3-6H2,1-2H3,(H,18,20). The molecule has 0 fully saturated rings. The van der Waals surface area contributed by atoms with Gasteiger partial charge in [0.1, 0.15) is 0 Å². The van der Waals surface area contributed by atoms with Crippen molar-refractivity contribution in [1.29, 1.82) is 0 Å². The van der Waals surface area contributed by atoms with Gasteiger partial charge in [0, 0.05) is 18.3 Å². The lowest BCUT2D eigenvalue weighted by atomic mass is 9.89. The second kappa shape index (κ2) is 5.80. The van der Waals surface area contributed by atoms with Gasteiger partial charge in [-0.1, -0.05) is 18.2 Å². The number of aromatic amines is 1. The van der Waals surface area contributed by atoms with Crippen LogP contribution in [0.25, 0.3) is 0 Å². The van der Waals surface area contributed by atoms with E-state index in [4.69, 9.17) is 0 Å². The Bertz CT molecular complexity index is 560. The van der Waals surface area contributed by atoms with E-state index < -0.39 is 0 Å². The Kier molecular flexibility index (Phi) is 3.88. The van der Waals surface area contributed by atoms with Crippen LogP contribution in [0.5, 0.6) is 0 Å². The molecule has 1 aromatic heterocycles. The molecule has 2 unspecified atom stereocenters. The normalized spacial score (nSPS) is 17.5. The van der Waals surface area contributed by atoms with Crippen LogP contribution in [0.2, 0.25) is 0 Å². The lowest BCUT2D eigenvalue weighted by Gasteiger charge is -2.22. The van der Waals surface area contributed by atoms with Crippen molar-refractivity contribution in [3.8, 4) is 0 Å². The first-order valence-electron chi connectivity index (χ1n) is 7.61. The molecule has 1 aromatic carbocycles. The third-order valence-corrected chi connectivity index (χ3v) is 4.36. The van der Waals surface area contributed by atoms with E-state index in [0.717, 1.165) is 5.69 Å². The molecular weight excluding hydrogens is 246 g/mol. The van der Waals surface area contributed by atoms with E-state index in [0.29, 0.717) is 6.04 Å². The minimum atomic E-state index is 0.281. The van der Waals surface area contributed by atoms with E-state index in [2.05, 4.69) is 47.6 Å². The molecule has 3 rings (SSSR count). The molecule has 20 heavy (non-hydrogen) atoms. The Balaban J connectivity index is 1.72. The summed E-state index contributed by atoms with van der Waals surface area (Å²) in [7, 11) is 0. The van der Waals surface area contributed by atoms with Crippen molar-refractivity contribution in [2.75, 3.05) is 0 Å². The lowest BCUT2D eigenvalue weighted by molar-refractivity contribution is 0.485. The van der Waals surface area contributed by atoms with Crippen LogP contribution in [0.1, 0.15) is 61.2 Å². The third-order valence-electron chi connectivity index (χ3n) is 4.36. The molecule has 0 saturated heterocycles. The molecule has 2 atom stereocenters. The summed E-state index contributed by atoms with van der Waals surface area (Å²) in [6, 6.07) is 9.65. The number of nitrogens with zero attached hydrogens (tertiary/aromatic N) is 1. The van der Waals surface area contributed by atoms with Crippen molar-refractivity contribution in [2.24, 2.45) is 0 Å². The highest BCUT2D eigenvalue weighted by Gasteiger charge is 2.15. The van der Waals surface area contributed by atoms with Crippen molar-refractivity contribution < 1.29 is 0 Å². The van der Waals surface area contributed by atoms with Crippen molar-refractivity contribution in [3.05, 3.63) is 52.8 Å². The second-order valence-corrected chi connectivity index (χ2v) is 5.86. The molecule has 106 valence electrons. The van der Waals surface area contributed by atoms with Crippen LogP contribution in [0, 0.1) is 0 Å². The molecule has 0 saturated carbocycles. The molecular formula is C17H23N3. The summed E-state index contributed by atoms with van der Waals surface area (Å²) in [4.78, 5) is 0. The van der Waals surface area contributed by atoms with E-state index in [1.54, 1.807) is 17.3 Å². The van der Waals surface area contributed by atoms with Gasteiger partial charge in [-0.05, 0) is 62.3 Å². The summed E-state index contributed by atoms with van der Waals surface area (Å²) in [5.41, 5.74) is 5.62. The summed E-state index contributed by atoms with van der Waals surface area (Å²) < 4.78 is 0. The monoisotopic (exact) mass is 269 g/mol. The van der Waals surface area contributed by atoms with Crippen molar-refractivity contribution in [2.45, 2.75) is 51.6 Å². The van der Waals surface area contributed by atoms with E-state index in [1.165, 1.54) is 31.2 Å². The SMILES string of the molecule is CC(NC(C)c1ccn[nH]1)c1ccc2c(c1)CCCC2. The highest BCUT2D eigenvalue weighted by atomic mass is 15.1. The van der Waals surface area contributed by atoms with Crippen molar-refractivity contribution >= 4 is 0 Å². The van der Waals surface area contributed by atoms with Gasteiger partial charge in [-0.3, -0.25) is 5.10 Å². The molecule has 0 radical (unpaired) electrons. The predicted molar refractivity (Wildman–Crippen MR) is 81.6 cm³/mol. The maximum atomic E-state index is 4.02. The minimum absolute atomic E-state index is 0.281. The van der Waals surface area contributed by atoms with Crippen LogP contribution >= 0.6 is 0 Å². The Morgan fingerprint density at radius 2 is 1.85 bits per heavy atom. The molecule has 0 spiro atoms. The van der Waals surface area contributed by atoms with Crippen molar-refractivity contribution in [1.82, 2.24) is 15.5 Å². The number of H-pyrrole nitrogens is 1. The summed E-state index contributed by atoms with van der Waals surface area (Å²) in [5, 5.41) is 10.7. The highest BCUT2D eigenvalue weighted by molar-refractivity contribution is 5.35. The van der Waals surface area contributed by atoms with Gasteiger partial charge in [0.05, 0.1) is 5.69 Å². The first-order valence-corrected chi connectivity index (χ1v) is 7.61. The van der Waals surface area contributed by atoms with Crippen LogP contribution in [0.3, 0.4) is 0 Å². The van der Waals surface area contributed by atoms with Gasteiger partial charge < -0.3 is 5.32 Å². The van der Waals surface area contributed by atoms with Gasteiger partial charge in [0.2, 0.25) is 0 Å². The second-order valence-electron chi connectivity index (χ2n) is 5.86. The molecule has 3 heteroatoms. The highest BCUT2D eigenvalue weighted by Crippen LogP contribution is 2.25. The molecule has 0 amide bonds. The average Bonchev–Trinajstić information content (AvgIpc) is 3.01. The Labute approximate surface area is 120 Å². The zero-order chi connectivity index (χ0) is 13.9. The smallest absolute Gasteiger partial charge is 0.0518 e. The fraction of sp³-hybridized carbons (Fsp3) is 0.471. The fourth-order valence-electron chi connectivity index (χ4n) is 3.09. The number of aryl methyl sites for hydroxylation is 2. The molecule has 1 heterocycles. The van der Waals surface area contributed by atoms with Crippen molar-refractivity contribution in [3.63, 3.8) is 0 Å². The molecule has 1 aliphatic carbocycles. The van der Waals surface area contributed by atoms with Crippen LogP contribution < -0.4 is 5.32 Å². The van der Waals surface area contributed by atoms with E-state index in [-0.39, 0.29) is 6.04 Å². The Morgan fingerprint density at radius 1 is 1.05 bits per heavy atom. The Hall–Kier alpha value is -1.61. The molecule has 1 aliphatic rings. The number of aromatic nitrogens is 2. The first kappa shape index (κ1) is 13.4. The molecule has 3 nitrogen and oxygen atoms in total. The van der Waals surface area contributed by atoms with Crippen LogP contribution in [-0.2, 0) is 12.8 Å². The van der Waals surface area contributed by atoms with Crippen LogP contribution in [0.4, 0.5) is 0 Å². The summed E-state index contributed by atoms with van der Waals surface area (Å²) in [6.07, 6.45) is 6.98. The van der Waals surface area contributed by atoms with Gasteiger partial charge in [-0.15, -0.1) is 0 Å². The zero-order valence-electron chi connectivity index (χ0n) is 12.3. The third kappa shape index (κ3) is 2.78. The van der Waals surface area contributed by atoms with Crippen LogP contribution in [0.15, 0.2) is 30.5 Å². The van der Waals surface area contributed by atoms with E-state index >= 15 is 0 Å². The van der Waals surface area contributed by atoms with E-state index in [9.17, 15) is 0 Å². The zero-order valence-corrected chi connectivity index (χ0v) is 12.3. The van der Waals surface area contributed by atoms with E-state index in [1.807, 2.05) is 6.07 Å². The van der Waals surface area contributed by atoms with Gasteiger partial charge in [-0.2, -0.15) is 5.10 Å². The fourth-order valence-corrected chi connectivity index (χ4v) is 3.09. The molecule has 0 aliphatic heterocycles.